The molecule has 6 nitrogen and oxygen atoms in total. The van der Waals surface area contributed by atoms with Gasteiger partial charge in [0.1, 0.15) is 0 Å². The van der Waals surface area contributed by atoms with Crippen molar-refractivity contribution < 1.29 is 10.4 Å². The molecule has 0 aromatic carbocycles. The van der Waals surface area contributed by atoms with Crippen LogP contribution in [-0.4, -0.2) is 52.8 Å². The van der Waals surface area contributed by atoms with Crippen molar-refractivity contribution in [3.8, 4) is 0 Å². The Bertz CT molecular complexity index is 285. The van der Waals surface area contributed by atoms with Crippen molar-refractivity contribution in [1.82, 2.24) is 10.1 Å². The van der Waals surface area contributed by atoms with E-state index in [-0.39, 0.29) is 6.04 Å². The fraction of sp³-hybridized carbons (Fsp3) is 0.800. The quantitative estimate of drug-likeness (QED) is 0.695. The molecule has 0 aromatic heterocycles. The van der Waals surface area contributed by atoms with Gasteiger partial charge in [-0.2, -0.15) is 20.4 Å². The van der Waals surface area contributed by atoms with Gasteiger partial charge in [-0.15, -0.1) is 0 Å². The summed E-state index contributed by atoms with van der Waals surface area (Å²) in [5.74, 6) is 0. The van der Waals surface area contributed by atoms with Gasteiger partial charge in [0.15, 0.2) is 0 Å². The maximum absolute atomic E-state index is 9.19. The van der Waals surface area contributed by atoms with Crippen molar-refractivity contribution in [3.63, 3.8) is 0 Å². The first-order valence-electron chi connectivity index (χ1n) is 5.71. The van der Waals surface area contributed by atoms with Crippen LogP contribution in [0.25, 0.3) is 0 Å². The third-order valence-electron chi connectivity index (χ3n) is 2.95. The molecule has 2 N–H and O–H groups in total. The number of rotatable bonds is 2. The monoisotopic (exact) mass is 226 g/mol. The highest BCUT2D eigenvalue weighted by atomic mass is 16.5. The van der Waals surface area contributed by atoms with E-state index in [0.717, 1.165) is 25.0 Å². The first-order chi connectivity index (χ1) is 7.74. The summed E-state index contributed by atoms with van der Waals surface area (Å²) in [7, 11) is 0. The average Bonchev–Trinajstić information content (AvgIpc) is 2.30. The van der Waals surface area contributed by atoms with Crippen molar-refractivity contribution in [2.24, 2.45) is 10.2 Å². The summed E-state index contributed by atoms with van der Waals surface area (Å²) in [6, 6.07) is 0.233. The molecule has 2 aliphatic heterocycles. The third-order valence-corrected chi connectivity index (χ3v) is 2.95. The number of nitrogens with zero attached hydrogens (tertiary/aromatic N) is 4. The lowest BCUT2D eigenvalue weighted by molar-refractivity contribution is -0.106. The van der Waals surface area contributed by atoms with Crippen LogP contribution >= 0.6 is 0 Å². The zero-order valence-corrected chi connectivity index (χ0v) is 9.29. The van der Waals surface area contributed by atoms with Crippen LogP contribution in [0.4, 0.5) is 0 Å². The Balaban J connectivity index is 1.80. The zero-order chi connectivity index (χ0) is 11.4. The Kier molecular flexibility index (Phi) is 4.00. The molecule has 0 aromatic rings. The second-order valence-electron chi connectivity index (χ2n) is 4.26. The highest BCUT2D eigenvalue weighted by Crippen LogP contribution is 2.16. The maximum Gasteiger partial charge on any atom is 0.0738 e. The summed E-state index contributed by atoms with van der Waals surface area (Å²) < 4.78 is 0. The summed E-state index contributed by atoms with van der Waals surface area (Å²) in [6.45, 7) is 2.50. The van der Waals surface area contributed by atoms with E-state index in [4.69, 9.17) is 5.21 Å². The number of hydrogen-bond donors (Lipinski definition) is 2. The van der Waals surface area contributed by atoms with Crippen molar-refractivity contribution >= 4 is 0 Å². The molecule has 0 saturated carbocycles. The van der Waals surface area contributed by atoms with Gasteiger partial charge in [-0.05, 0) is 18.9 Å². The SMILES string of the molecule is ON1CC=C(N=NC2CCN(O)CC2)CC1. The molecular weight excluding hydrogens is 208 g/mol. The van der Waals surface area contributed by atoms with E-state index >= 15 is 0 Å². The topological polar surface area (TPSA) is 71.7 Å². The fourth-order valence-corrected chi connectivity index (χ4v) is 1.86. The van der Waals surface area contributed by atoms with Crippen LogP contribution in [0.3, 0.4) is 0 Å². The lowest BCUT2D eigenvalue weighted by Gasteiger charge is -2.24. The highest BCUT2D eigenvalue weighted by Gasteiger charge is 2.17. The minimum atomic E-state index is 0.233. The predicted molar refractivity (Wildman–Crippen MR) is 57.3 cm³/mol. The molecule has 2 heterocycles. The van der Waals surface area contributed by atoms with Crippen molar-refractivity contribution in [2.45, 2.75) is 25.3 Å². The smallest absolute Gasteiger partial charge is 0.0738 e. The molecule has 0 radical (unpaired) electrons. The standard InChI is InChI=1S/C10H18N4O2/c15-13-5-1-9(2-6-13)11-12-10-3-7-14(16)8-4-10/h1,10,15-16H,2-8H2. The van der Waals surface area contributed by atoms with E-state index < -0.39 is 0 Å². The minimum absolute atomic E-state index is 0.233. The average molecular weight is 226 g/mol. The summed E-state index contributed by atoms with van der Waals surface area (Å²) >= 11 is 0. The van der Waals surface area contributed by atoms with Gasteiger partial charge >= 0.3 is 0 Å². The van der Waals surface area contributed by atoms with Gasteiger partial charge < -0.3 is 10.4 Å². The van der Waals surface area contributed by atoms with E-state index in [1.54, 1.807) is 0 Å². The van der Waals surface area contributed by atoms with Gasteiger partial charge in [0.25, 0.3) is 0 Å². The lowest BCUT2D eigenvalue weighted by Crippen LogP contribution is -2.32. The molecular formula is C10H18N4O2. The van der Waals surface area contributed by atoms with Crippen LogP contribution in [0.1, 0.15) is 19.3 Å². The van der Waals surface area contributed by atoms with E-state index in [2.05, 4.69) is 10.2 Å². The second-order valence-corrected chi connectivity index (χ2v) is 4.26. The number of piperidine rings is 1. The van der Waals surface area contributed by atoms with Crippen LogP contribution < -0.4 is 0 Å². The van der Waals surface area contributed by atoms with Crippen LogP contribution in [0.2, 0.25) is 0 Å². The summed E-state index contributed by atoms with van der Waals surface area (Å²) in [6.07, 6.45) is 4.37. The van der Waals surface area contributed by atoms with E-state index in [9.17, 15) is 5.21 Å². The summed E-state index contributed by atoms with van der Waals surface area (Å²) in [4.78, 5) is 0. The van der Waals surface area contributed by atoms with Crippen LogP contribution in [0, 0.1) is 0 Å². The molecule has 1 fully saturated rings. The largest absolute Gasteiger partial charge is 0.314 e. The van der Waals surface area contributed by atoms with Gasteiger partial charge in [0.05, 0.1) is 11.7 Å². The van der Waals surface area contributed by atoms with Crippen molar-refractivity contribution in [2.75, 3.05) is 26.2 Å². The molecule has 0 unspecified atom stereocenters. The molecule has 6 heteroatoms. The van der Waals surface area contributed by atoms with Gasteiger partial charge in [-0.25, -0.2) is 0 Å². The third kappa shape index (κ3) is 3.34. The molecule has 0 bridgehead atoms. The van der Waals surface area contributed by atoms with Gasteiger partial charge in [-0.1, -0.05) is 0 Å². The number of hydroxylamine groups is 4. The predicted octanol–water partition coefficient (Wildman–Crippen LogP) is 1.27. The lowest BCUT2D eigenvalue weighted by atomic mass is 10.1. The normalized spacial score (nSPS) is 26.2. The summed E-state index contributed by atoms with van der Waals surface area (Å²) in [5.41, 5.74) is 0.955. The Labute approximate surface area is 94.8 Å². The molecule has 2 aliphatic rings. The van der Waals surface area contributed by atoms with E-state index in [0.29, 0.717) is 26.2 Å². The molecule has 16 heavy (non-hydrogen) atoms. The number of azo groups is 1. The van der Waals surface area contributed by atoms with Gasteiger partial charge in [0.2, 0.25) is 0 Å². The van der Waals surface area contributed by atoms with Crippen molar-refractivity contribution in [3.05, 3.63) is 11.8 Å². The zero-order valence-electron chi connectivity index (χ0n) is 9.29. The Morgan fingerprint density at radius 2 is 1.88 bits per heavy atom. The molecule has 90 valence electrons. The second kappa shape index (κ2) is 5.49. The van der Waals surface area contributed by atoms with E-state index in [1.165, 1.54) is 10.1 Å². The first-order valence-corrected chi connectivity index (χ1v) is 5.71. The van der Waals surface area contributed by atoms with Gasteiger partial charge in [0, 0.05) is 32.6 Å². The fourth-order valence-electron chi connectivity index (χ4n) is 1.86. The molecule has 0 spiro atoms. The van der Waals surface area contributed by atoms with Crippen molar-refractivity contribution in [1.29, 1.82) is 0 Å². The van der Waals surface area contributed by atoms with Crippen LogP contribution in [0.5, 0.6) is 0 Å². The number of hydrogen-bond acceptors (Lipinski definition) is 6. The molecule has 0 amide bonds. The Hall–Kier alpha value is -0.820. The van der Waals surface area contributed by atoms with E-state index in [1.807, 2.05) is 6.08 Å². The molecule has 0 atom stereocenters. The minimum Gasteiger partial charge on any atom is -0.314 e. The summed E-state index contributed by atoms with van der Waals surface area (Å²) in [5, 5.41) is 29.4. The Morgan fingerprint density at radius 3 is 2.50 bits per heavy atom. The first kappa shape index (κ1) is 11.7. The van der Waals surface area contributed by atoms with Gasteiger partial charge in [-0.3, -0.25) is 0 Å². The van der Waals surface area contributed by atoms with Crippen LogP contribution in [-0.2, 0) is 0 Å². The highest BCUT2D eigenvalue weighted by molar-refractivity contribution is 5.03. The maximum atomic E-state index is 9.19. The molecule has 0 aliphatic carbocycles. The molecule has 2 rings (SSSR count). The van der Waals surface area contributed by atoms with Crippen LogP contribution in [0.15, 0.2) is 22.0 Å². The molecule has 1 saturated heterocycles. The Morgan fingerprint density at radius 1 is 1.12 bits per heavy atom.